The molecule has 0 fully saturated rings. The third kappa shape index (κ3) is 5.86. The summed E-state index contributed by atoms with van der Waals surface area (Å²) in [5.41, 5.74) is 3.44. The van der Waals surface area contributed by atoms with Crippen LogP contribution in [-0.4, -0.2) is 41.1 Å². The second kappa shape index (κ2) is 7.05. The van der Waals surface area contributed by atoms with E-state index in [1.54, 1.807) is 13.8 Å². The summed E-state index contributed by atoms with van der Waals surface area (Å²) < 4.78 is 0. The maximum absolute atomic E-state index is 12.2. The lowest BCUT2D eigenvalue weighted by molar-refractivity contribution is -0.117. The van der Waals surface area contributed by atoms with Gasteiger partial charge in [0, 0.05) is 12.2 Å². The van der Waals surface area contributed by atoms with Crippen molar-refractivity contribution in [1.29, 1.82) is 0 Å². The van der Waals surface area contributed by atoms with Crippen LogP contribution in [0.5, 0.6) is 0 Å². The molecule has 0 spiro atoms. The molecule has 0 radical (unpaired) electrons. The van der Waals surface area contributed by atoms with Crippen molar-refractivity contribution in [3.63, 3.8) is 0 Å². The SMILES string of the molecule is CCN(CC(=O)Nc1c(C)cc(C)cc1C)CC(C)(C)O. The van der Waals surface area contributed by atoms with Gasteiger partial charge in [-0.3, -0.25) is 9.69 Å². The molecule has 0 heterocycles. The fourth-order valence-electron chi connectivity index (χ4n) is 2.59. The van der Waals surface area contributed by atoms with E-state index < -0.39 is 5.60 Å². The molecular formula is C17H28N2O2. The molecule has 0 aliphatic heterocycles. The molecule has 1 rings (SSSR count). The molecule has 0 atom stereocenters. The van der Waals surface area contributed by atoms with Crippen molar-refractivity contribution in [2.75, 3.05) is 25.0 Å². The van der Waals surface area contributed by atoms with E-state index in [-0.39, 0.29) is 12.5 Å². The Morgan fingerprint density at radius 2 is 1.76 bits per heavy atom. The second-order valence-corrected chi connectivity index (χ2v) is 6.44. The number of aliphatic hydroxyl groups is 1. The van der Waals surface area contributed by atoms with E-state index in [1.807, 2.05) is 32.6 Å². The average Bonchev–Trinajstić information content (AvgIpc) is 2.31. The number of rotatable bonds is 6. The molecule has 0 aliphatic carbocycles. The summed E-state index contributed by atoms with van der Waals surface area (Å²) in [4.78, 5) is 14.2. The van der Waals surface area contributed by atoms with E-state index in [2.05, 4.69) is 17.4 Å². The number of nitrogens with zero attached hydrogens (tertiary/aromatic N) is 1. The van der Waals surface area contributed by atoms with Crippen LogP contribution in [0.2, 0.25) is 0 Å². The Hall–Kier alpha value is -1.39. The van der Waals surface area contributed by atoms with Crippen LogP contribution < -0.4 is 5.32 Å². The molecule has 0 bridgehead atoms. The molecule has 1 aromatic rings. The Bertz CT molecular complexity index is 481. The van der Waals surface area contributed by atoms with Gasteiger partial charge < -0.3 is 10.4 Å². The number of aryl methyl sites for hydroxylation is 3. The standard InChI is InChI=1S/C17H28N2O2/c1-7-19(11-17(5,6)21)10-15(20)18-16-13(3)8-12(2)9-14(16)4/h8-9,21H,7,10-11H2,1-6H3,(H,18,20). The van der Waals surface area contributed by atoms with Crippen molar-refractivity contribution in [2.45, 2.75) is 47.1 Å². The summed E-state index contributed by atoms with van der Waals surface area (Å²) in [7, 11) is 0. The van der Waals surface area contributed by atoms with E-state index in [1.165, 1.54) is 5.56 Å². The van der Waals surface area contributed by atoms with Crippen LogP contribution in [0.15, 0.2) is 12.1 Å². The van der Waals surface area contributed by atoms with E-state index in [4.69, 9.17) is 0 Å². The highest BCUT2D eigenvalue weighted by molar-refractivity contribution is 5.93. The number of benzene rings is 1. The lowest BCUT2D eigenvalue weighted by atomic mass is 10.1. The highest BCUT2D eigenvalue weighted by atomic mass is 16.3. The molecule has 118 valence electrons. The zero-order valence-corrected chi connectivity index (χ0v) is 14.1. The highest BCUT2D eigenvalue weighted by Crippen LogP contribution is 2.21. The molecular weight excluding hydrogens is 264 g/mol. The molecule has 4 nitrogen and oxygen atoms in total. The predicted molar refractivity (Wildman–Crippen MR) is 87.7 cm³/mol. The molecule has 0 aromatic heterocycles. The summed E-state index contributed by atoms with van der Waals surface area (Å²) in [5, 5.41) is 12.9. The van der Waals surface area contributed by atoms with Gasteiger partial charge in [0.25, 0.3) is 0 Å². The largest absolute Gasteiger partial charge is 0.389 e. The fourth-order valence-corrected chi connectivity index (χ4v) is 2.59. The van der Waals surface area contributed by atoms with Gasteiger partial charge in [-0.15, -0.1) is 0 Å². The Balaban J connectivity index is 2.73. The lowest BCUT2D eigenvalue weighted by Crippen LogP contribution is -2.42. The number of carbonyl (C=O) groups excluding carboxylic acids is 1. The maximum Gasteiger partial charge on any atom is 0.238 e. The molecule has 2 N–H and O–H groups in total. The number of hydrogen-bond donors (Lipinski definition) is 2. The van der Waals surface area contributed by atoms with Crippen molar-refractivity contribution < 1.29 is 9.90 Å². The number of hydrogen-bond acceptors (Lipinski definition) is 3. The van der Waals surface area contributed by atoms with Gasteiger partial charge >= 0.3 is 0 Å². The Morgan fingerprint density at radius 1 is 1.24 bits per heavy atom. The van der Waals surface area contributed by atoms with Crippen LogP contribution in [0.4, 0.5) is 5.69 Å². The molecule has 0 saturated heterocycles. The summed E-state index contributed by atoms with van der Waals surface area (Å²) >= 11 is 0. The highest BCUT2D eigenvalue weighted by Gasteiger charge is 2.19. The molecule has 0 saturated carbocycles. The number of carbonyl (C=O) groups is 1. The predicted octanol–water partition coefficient (Wildman–Crippen LogP) is 2.64. The van der Waals surface area contributed by atoms with Crippen LogP contribution in [-0.2, 0) is 4.79 Å². The first-order valence-corrected chi connectivity index (χ1v) is 7.45. The quantitative estimate of drug-likeness (QED) is 0.847. The average molecular weight is 292 g/mol. The summed E-state index contributed by atoms with van der Waals surface area (Å²) in [6.45, 7) is 13.0. The van der Waals surface area contributed by atoms with Gasteiger partial charge in [-0.05, 0) is 52.3 Å². The maximum atomic E-state index is 12.2. The van der Waals surface area contributed by atoms with Gasteiger partial charge in [0.2, 0.25) is 5.91 Å². The van der Waals surface area contributed by atoms with E-state index in [0.29, 0.717) is 6.54 Å². The minimum absolute atomic E-state index is 0.0452. The second-order valence-electron chi connectivity index (χ2n) is 6.44. The first-order valence-electron chi connectivity index (χ1n) is 7.45. The van der Waals surface area contributed by atoms with Gasteiger partial charge in [0.05, 0.1) is 12.1 Å². The number of likely N-dealkylation sites (N-methyl/N-ethyl adjacent to an activating group) is 1. The fraction of sp³-hybridized carbons (Fsp3) is 0.588. The third-order valence-corrected chi connectivity index (χ3v) is 3.37. The molecule has 1 amide bonds. The van der Waals surface area contributed by atoms with Gasteiger partial charge in [-0.25, -0.2) is 0 Å². The van der Waals surface area contributed by atoms with Gasteiger partial charge in [0.15, 0.2) is 0 Å². The van der Waals surface area contributed by atoms with Crippen molar-refractivity contribution in [3.8, 4) is 0 Å². The van der Waals surface area contributed by atoms with Gasteiger partial charge in [0.1, 0.15) is 0 Å². The van der Waals surface area contributed by atoms with Crippen LogP contribution in [0.25, 0.3) is 0 Å². The van der Waals surface area contributed by atoms with Crippen LogP contribution in [0.1, 0.15) is 37.5 Å². The van der Waals surface area contributed by atoms with Crippen LogP contribution in [0, 0.1) is 20.8 Å². The minimum Gasteiger partial charge on any atom is -0.389 e. The first-order chi connectivity index (χ1) is 9.62. The number of anilines is 1. The zero-order valence-electron chi connectivity index (χ0n) is 14.1. The smallest absolute Gasteiger partial charge is 0.238 e. The summed E-state index contributed by atoms with van der Waals surface area (Å²) in [6.07, 6.45) is 0. The number of nitrogens with one attached hydrogen (secondary N) is 1. The van der Waals surface area contributed by atoms with Crippen molar-refractivity contribution in [1.82, 2.24) is 4.90 Å². The first kappa shape index (κ1) is 17.7. The Kier molecular flexibility index (Phi) is 5.93. The molecule has 1 aromatic carbocycles. The Morgan fingerprint density at radius 3 is 2.19 bits per heavy atom. The van der Waals surface area contributed by atoms with E-state index in [9.17, 15) is 9.90 Å². The number of amides is 1. The summed E-state index contributed by atoms with van der Waals surface area (Å²) in [5.74, 6) is -0.0452. The molecule has 4 heteroatoms. The van der Waals surface area contributed by atoms with E-state index >= 15 is 0 Å². The van der Waals surface area contributed by atoms with Crippen molar-refractivity contribution in [2.24, 2.45) is 0 Å². The van der Waals surface area contributed by atoms with Crippen LogP contribution >= 0.6 is 0 Å². The third-order valence-electron chi connectivity index (χ3n) is 3.37. The minimum atomic E-state index is -0.800. The topological polar surface area (TPSA) is 52.6 Å². The molecule has 0 aliphatic rings. The van der Waals surface area contributed by atoms with Gasteiger partial charge in [-0.1, -0.05) is 24.6 Å². The Labute approximate surface area is 128 Å². The molecule has 21 heavy (non-hydrogen) atoms. The van der Waals surface area contributed by atoms with Gasteiger partial charge in [-0.2, -0.15) is 0 Å². The van der Waals surface area contributed by atoms with Crippen LogP contribution in [0.3, 0.4) is 0 Å². The molecule has 0 unspecified atom stereocenters. The normalized spacial score (nSPS) is 11.8. The zero-order chi connectivity index (χ0) is 16.2. The summed E-state index contributed by atoms with van der Waals surface area (Å²) in [6, 6.07) is 4.13. The van der Waals surface area contributed by atoms with Crippen molar-refractivity contribution in [3.05, 3.63) is 28.8 Å². The van der Waals surface area contributed by atoms with Crippen molar-refractivity contribution >= 4 is 11.6 Å². The monoisotopic (exact) mass is 292 g/mol. The lowest BCUT2D eigenvalue weighted by Gasteiger charge is -2.27. The van der Waals surface area contributed by atoms with E-state index in [0.717, 1.165) is 23.4 Å².